The van der Waals surface area contributed by atoms with Crippen LogP contribution in [0.15, 0.2) is 42.5 Å². The van der Waals surface area contributed by atoms with Crippen molar-refractivity contribution in [3.63, 3.8) is 0 Å². The van der Waals surface area contributed by atoms with Gasteiger partial charge in [-0.15, -0.1) is 0 Å². The molecule has 2 heterocycles. The van der Waals surface area contributed by atoms with E-state index in [1.165, 1.54) is 12.1 Å². The minimum Gasteiger partial charge on any atom is -0.476 e. The fraction of sp³-hybridized carbons (Fsp3) is 0.417. The monoisotopic (exact) mass is 474 g/mol. The summed E-state index contributed by atoms with van der Waals surface area (Å²) in [5, 5.41) is 0.502. The Labute approximate surface area is 198 Å². The van der Waals surface area contributed by atoms with Crippen LogP contribution in [0.1, 0.15) is 5.56 Å². The van der Waals surface area contributed by atoms with Gasteiger partial charge in [0.05, 0.1) is 18.8 Å². The summed E-state index contributed by atoms with van der Waals surface area (Å²) in [5.41, 5.74) is 1.62. The molecule has 2 aliphatic heterocycles. The maximum absolute atomic E-state index is 13.3. The number of carbonyl (C=O) groups excluding carboxylic acids is 2. The number of amides is 2. The number of nitrogens with zero attached hydrogens (tertiary/aromatic N) is 4. The molecule has 176 valence electrons. The number of fused-ring (bicyclic) bond motifs is 1. The highest BCUT2D eigenvalue weighted by atomic mass is 35.5. The van der Waals surface area contributed by atoms with Crippen LogP contribution < -0.4 is 9.64 Å². The second kappa shape index (κ2) is 10.1. The summed E-state index contributed by atoms with van der Waals surface area (Å²) in [6.45, 7) is 3.64. The average Bonchev–Trinajstić information content (AvgIpc) is 2.79. The molecule has 33 heavy (non-hydrogen) atoms. The maximum Gasteiger partial charge on any atom is 0.265 e. The van der Waals surface area contributed by atoms with E-state index in [1.54, 1.807) is 45.0 Å². The predicted octanol–water partition coefficient (Wildman–Crippen LogP) is 2.48. The Kier molecular flexibility index (Phi) is 7.17. The molecule has 0 aliphatic carbocycles. The summed E-state index contributed by atoms with van der Waals surface area (Å²) in [6, 6.07) is 11.6. The minimum absolute atomic E-state index is 0.117. The number of halogens is 2. The van der Waals surface area contributed by atoms with Gasteiger partial charge in [0, 0.05) is 37.7 Å². The Hall–Kier alpha value is -2.68. The van der Waals surface area contributed by atoms with Gasteiger partial charge in [-0.2, -0.15) is 0 Å². The van der Waals surface area contributed by atoms with E-state index in [0.29, 0.717) is 49.2 Å². The minimum atomic E-state index is -0.770. The molecule has 1 fully saturated rings. The Morgan fingerprint density at radius 1 is 1.09 bits per heavy atom. The van der Waals surface area contributed by atoms with Crippen molar-refractivity contribution in [2.45, 2.75) is 12.6 Å². The van der Waals surface area contributed by atoms with Crippen molar-refractivity contribution < 1.29 is 18.7 Å². The number of hydrogen-bond donors (Lipinski definition) is 0. The van der Waals surface area contributed by atoms with Gasteiger partial charge in [0.1, 0.15) is 11.6 Å². The van der Waals surface area contributed by atoms with Crippen molar-refractivity contribution in [3.8, 4) is 5.75 Å². The quantitative estimate of drug-likeness (QED) is 0.666. The van der Waals surface area contributed by atoms with E-state index in [0.717, 1.165) is 5.56 Å². The summed E-state index contributed by atoms with van der Waals surface area (Å²) in [4.78, 5) is 33.6. The first kappa shape index (κ1) is 23.5. The van der Waals surface area contributed by atoms with Crippen molar-refractivity contribution in [1.29, 1.82) is 0 Å². The van der Waals surface area contributed by atoms with E-state index in [2.05, 4.69) is 4.90 Å². The Balaban J connectivity index is 1.41. The lowest BCUT2D eigenvalue weighted by Crippen LogP contribution is -2.56. The first-order valence-corrected chi connectivity index (χ1v) is 11.3. The van der Waals surface area contributed by atoms with Gasteiger partial charge in [-0.1, -0.05) is 23.7 Å². The molecule has 1 unspecified atom stereocenters. The van der Waals surface area contributed by atoms with Crippen molar-refractivity contribution >= 4 is 29.1 Å². The van der Waals surface area contributed by atoms with Gasteiger partial charge in [-0.3, -0.25) is 14.5 Å². The number of hydrogen-bond acceptors (Lipinski definition) is 5. The van der Waals surface area contributed by atoms with E-state index < -0.39 is 6.10 Å². The van der Waals surface area contributed by atoms with Crippen LogP contribution in [0.3, 0.4) is 0 Å². The molecule has 2 aliphatic rings. The summed E-state index contributed by atoms with van der Waals surface area (Å²) < 4.78 is 19.1. The SMILES string of the molecule is CN(C)CC(=O)N1CC(C(=O)N2CCN(Cc3ccc(F)cc3)CC2)Oc2ccc(Cl)cc21. The molecule has 7 nitrogen and oxygen atoms in total. The van der Waals surface area contributed by atoms with Crippen molar-refractivity contribution in [1.82, 2.24) is 14.7 Å². The predicted molar refractivity (Wildman–Crippen MR) is 125 cm³/mol. The molecule has 1 atom stereocenters. The van der Waals surface area contributed by atoms with Crippen molar-refractivity contribution in [2.24, 2.45) is 0 Å². The van der Waals surface area contributed by atoms with Crippen molar-refractivity contribution in [3.05, 3.63) is 58.9 Å². The lowest BCUT2D eigenvalue weighted by atomic mass is 10.1. The number of benzene rings is 2. The molecule has 4 rings (SSSR count). The number of likely N-dealkylation sites (N-methyl/N-ethyl adjacent to an activating group) is 1. The molecular weight excluding hydrogens is 447 g/mol. The van der Waals surface area contributed by atoms with Crippen LogP contribution in [0.25, 0.3) is 0 Å². The maximum atomic E-state index is 13.3. The normalized spacial score (nSPS) is 18.8. The van der Waals surface area contributed by atoms with Crippen LogP contribution >= 0.6 is 11.6 Å². The van der Waals surface area contributed by atoms with E-state index >= 15 is 0 Å². The third-order valence-electron chi connectivity index (χ3n) is 5.86. The topological polar surface area (TPSA) is 56.3 Å². The first-order chi connectivity index (χ1) is 15.8. The molecule has 0 spiro atoms. The molecule has 0 N–H and O–H groups in total. The Bertz CT molecular complexity index is 1010. The third-order valence-corrected chi connectivity index (χ3v) is 6.10. The number of rotatable bonds is 5. The summed E-state index contributed by atoms with van der Waals surface area (Å²) in [5.74, 6) is -0.0110. The number of anilines is 1. The van der Waals surface area contributed by atoms with Crippen LogP contribution in [0, 0.1) is 5.82 Å². The molecule has 0 radical (unpaired) electrons. The molecule has 2 aromatic rings. The number of carbonyl (C=O) groups is 2. The van der Waals surface area contributed by atoms with Crippen LogP contribution in [-0.2, 0) is 16.1 Å². The fourth-order valence-corrected chi connectivity index (χ4v) is 4.32. The van der Waals surface area contributed by atoms with E-state index in [-0.39, 0.29) is 30.7 Å². The van der Waals surface area contributed by atoms with Gasteiger partial charge in [0.25, 0.3) is 5.91 Å². The molecule has 2 amide bonds. The molecular formula is C24H28ClFN4O3. The van der Waals surface area contributed by atoms with Gasteiger partial charge in [0.2, 0.25) is 5.91 Å². The largest absolute Gasteiger partial charge is 0.476 e. The van der Waals surface area contributed by atoms with Crippen molar-refractivity contribution in [2.75, 3.05) is 58.3 Å². The third kappa shape index (κ3) is 5.63. The van der Waals surface area contributed by atoms with E-state index in [9.17, 15) is 14.0 Å². The highest BCUT2D eigenvalue weighted by Gasteiger charge is 2.37. The summed E-state index contributed by atoms with van der Waals surface area (Å²) in [6.07, 6.45) is -0.770. The van der Waals surface area contributed by atoms with Crippen LogP contribution in [-0.4, -0.2) is 86.0 Å². The molecule has 9 heteroatoms. The second-order valence-electron chi connectivity index (χ2n) is 8.69. The standard InChI is InChI=1S/C24H28ClFN4O3/c1-27(2)16-23(31)30-15-22(33-21-8-5-18(25)13-20(21)30)24(32)29-11-9-28(10-12-29)14-17-3-6-19(26)7-4-17/h3-8,13,22H,9-12,14-16H2,1-2H3. The summed E-state index contributed by atoms with van der Waals surface area (Å²) >= 11 is 6.15. The Morgan fingerprint density at radius 2 is 1.79 bits per heavy atom. The highest BCUT2D eigenvalue weighted by Crippen LogP contribution is 2.36. The van der Waals surface area contributed by atoms with Gasteiger partial charge in [0.15, 0.2) is 6.10 Å². The van der Waals surface area contributed by atoms with Gasteiger partial charge >= 0.3 is 0 Å². The molecule has 0 aromatic heterocycles. The summed E-state index contributed by atoms with van der Waals surface area (Å²) in [7, 11) is 3.65. The lowest BCUT2D eigenvalue weighted by molar-refractivity contribution is -0.140. The van der Waals surface area contributed by atoms with E-state index in [4.69, 9.17) is 16.3 Å². The van der Waals surface area contributed by atoms with Crippen LogP contribution in [0.5, 0.6) is 5.75 Å². The van der Waals surface area contributed by atoms with Crippen LogP contribution in [0.2, 0.25) is 5.02 Å². The van der Waals surface area contributed by atoms with Gasteiger partial charge in [-0.05, 0) is 50.0 Å². The molecule has 0 bridgehead atoms. The zero-order chi connectivity index (χ0) is 23.5. The first-order valence-electron chi connectivity index (χ1n) is 11.0. The zero-order valence-electron chi connectivity index (χ0n) is 18.8. The number of ether oxygens (including phenoxy) is 1. The molecule has 1 saturated heterocycles. The van der Waals surface area contributed by atoms with Gasteiger partial charge < -0.3 is 19.4 Å². The fourth-order valence-electron chi connectivity index (χ4n) is 4.15. The Morgan fingerprint density at radius 3 is 2.45 bits per heavy atom. The average molecular weight is 475 g/mol. The molecule has 2 aromatic carbocycles. The number of piperazine rings is 1. The van der Waals surface area contributed by atoms with E-state index in [1.807, 2.05) is 14.1 Å². The second-order valence-corrected chi connectivity index (χ2v) is 9.13. The smallest absolute Gasteiger partial charge is 0.265 e. The zero-order valence-corrected chi connectivity index (χ0v) is 19.6. The highest BCUT2D eigenvalue weighted by molar-refractivity contribution is 6.31. The van der Waals surface area contributed by atoms with Crippen LogP contribution in [0.4, 0.5) is 10.1 Å². The lowest BCUT2D eigenvalue weighted by Gasteiger charge is -2.39. The molecule has 0 saturated carbocycles. The van der Waals surface area contributed by atoms with Gasteiger partial charge in [-0.25, -0.2) is 4.39 Å².